The molecule has 0 unspecified atom stereocenters. The van der Waals surface area contributed by atoms with Crippen LogP contribution in [0.5, 0.6) is 0 Å². The van der Waals surface area contributed by atoms with Gasteiger partial charge in [0.05, 0.1) is 11.2 Å². The van der Waals surface area contributed by atoms with Gasteiger partial charge in [-0.3, -0.25) is 9.36 Å². The minimum atomic E-state index is -0.585. The van der Waals surface area contributed by atoms with Gasteiger partial charge in [0.1, 0.15) is 5.60 Å². The third-order valence-corrected chi connectivity index (χ3v) is 4.58. The van der Waals surface area contributed by atoms with Crippen molar-refractivity contribution in [3.8, 4) is 0 Å². The molecular weight excluding hydrogens is 372 g/mol. The van der Waals surface area contributed by atoms with Gasteiger partial charge in [-0.2, -0.15) is 0 Å². The first-order chi connectivity index (χ1) is 11.2. The molecule has 1 aliphatic carbocycles. The van der Waals surface area contributed by atoms with E-state index in [0.717, 1.165) is 29.1 Å². The molecule has 1 fully saturated rings. The van der Waals surface area contributed by atoms with Crippen molar-refractivity contribution in [1.29, 1.82) is 0 Å². The van der Waals surface area contributed by atoms with Crippen molar-refractivity contribution in [2.75, 3.05) is 5.32 Å². The molecule has 6 heteroatoms. The zero-order valence-electron chi connectivity index (χ0n) is 14.1. The second-order valence-corrected chi connectivity index (χ2v) is 8.09. The smallest absolute Gasteiger partial charge is 0.419 e. The third kappa shape index (κ3) is 3.48. The molecule has 0 radical (unpaired) electrons. The summed E-state index contributed by atoms with van der Waals surface area (Å²) in [6.45, 7) is 5.48. The number of hydrogen-bond acceptors (Lipinski definition) is 3. The van der Waals surface area contributed by atoms with E-state index >= 15 is 0 Å². The molecule has 0 saturated heterocycles. The molecule has 128 valence electrons. The lowest BCUT2D eigenvalue weighted by Gasteiger charge is -2.23. The van der Waals surface area contributed by atoms with Crippen LogP contribution >= 0.6 is 15.9 Å². The second kappa shape index (κ2) is 6.24. The lowest BCUT2D eigenvalue weighted by Crippen LogP contribution is -2.28. The zero-order chi connectivity index (χ0) is 17.5. The topological polar surface area (TPSA) is 60.3 Å². The Hall–Kier alpha value is -1.82. The van der Waals surface area contributed by atoms with Crippen LogP contribution in [0.2, 0.25) is 0 Å². The van der Waals surface area contributed by atoms with E-state index in [0.29, 0.717) is 11.2 Å². The van der Waals surface area contributed by atoms with Gasteiger partial charge in [0.15, 0.2) is 0 Å². The van der Waals surface area contributed by atoms with E-state index in [1.54, 1.807) is 6.20 Å². The molecule has 3 rings (SSSR count). The van der Waals surface area contributed by atoms with E-state index in [4.69, 9.17) is 4.74 Å². The van der Waals surface area contributed by atoms with Gasteiger partial charge in [-0.25, -0.2) is 4.79 Å². The van der Waals surface area contributed by atoms with E-state index in [2.05, 4.69) is 21.2 Å². The van der Waals surface area contributed by atoms with Gasteiger partial charge in [0, 0.05) is 22.0 Å². The Kier molecular flexibility index (Phi) is 4.42. The second-order valence-electron chi connectivity index (χ2n) is 7.17. The van der Waals surface area contributed by atoms with Crippen LogP contribution in [-0.4, -0.2) is 22.2 Å². The van der Waals surface area contributed by atoms with Gasteiger partial charge < -0.3 is 10.1 Å². The standard InChI is InChI=1S/C18H21BrN2O3/c1-18(2,3)24-17(23)21-10-14(20-16(22)11-5-4-6-11)13-9-12(19)7-8-15(13)21/h7-11H,4-6H2,1-3H3,(H,20,22). The molecule has 0 spiro atoms. The molecule has 24 heavy (non-hydrogen) atoms. The lowest BCUT2D eigenvalue weighted by atomic mass is 9.85. The van der Waals surface area contributed by atoms with Crippen LogP contribution in [0.3, 0.4) is 0 Å². The maximum absolute atomic E-state index is 12.5. The number of nitrogens with one attached hydrogen (secondary N) is 1. The summed E-state index contributed by atoms with van der Waals surface area (Å²) in [7, 11) is 0. The number of amides is 1. The molecular formula is C18H21BrN2O3. The van der Waals surface area contributed by atoms with Gasteiger partial charge in [-0.05, 0) is 51.8 Å². The fraction of sp³-hybridized carbons (Fsp3) is 0.444. The van der Waals surface area contributed by atoms with E-state index in [9.17, 15) is 9.59 Å². The zero-order valence-corrected chi connectivity index (χ0v) is 15.6. The summed E-state index contributed by atoms with van der Waals surface area (Å²) in [6.07, 6.45) is 4.14. The maximum Gasteiger partial charge on any atom is 0.419 e. The van der Waals surface area contributed by atoms with E-state index in [1.165, 1.54) is 4.57 Å². The molecule has 1 aromatic heterocycles. The van der Waals surface area contributed by atoms with Crippen LogP contribution in [0.15, 0.2) is 28.9 Å². The van der Waals surface area contributed by atoms with Crippen molar-refractivity contribution in [1.82, 2.24) is 4.57 Å². The molecule has 1 heterocycles. The van der Waals surface area contributed by atoms with Crippen molar-refractivity contribution in [2.45, 2.75) is 45.6 Å². The number of aromatic nitrogens is 1. The predicted molar refractivity (Wildman–Crippen MR) is 97.2 cm³/mol. The molecule has 1 N–H and O–H groups in total. The number of ether oxygens (including phenoxy) is 1. The minimum absolute atomic E-state index is 0.0180. The summed E-state index contributed by atoms with van der Waals surface area (Å²) in [4.78, 5) is 24.8. The Bertz CT molecular complexity index is 800. The van der Waals surface area contributed by atoms with Crippen LogP contribution in [-0.2, 0) is 9.53 Å². The maximum atomic E-state index is 12.5. The number of fused-ring (bicyclic) bond motifs is 1. The van der Waals surface area contributed by atoms with Gasteiger partial charge in [-0.1, -0.05) is 22.4 Å². The fourth-order valence-electron chi connectivity index (χ4n) is 2.67. The van der Waals surface area contributed by atoms with Crippen molar-refractivity contribution in [2.24, 2.45) is 5.92 Å². The molecule has 1 saturated carbocycles. The summed E-state index contributed by atoms with van der Waals surface area (Å²) in [6, 6.07) is 5.59. The first-order valence-corrected chi connectivity index (χ1v) is 8.89. The molecule has 0 atom stereocenters. The highest BCUT2D eigenvalue weighted by atomic mass is 79.9. The predicted octanol–water partition coefficient (Wildman–Crippen LogP) is 4.93. The minimum Gasteiger partial charge on any atom is -0.443 e. The van der Waals surface area contributed by atoms with E-state index in [1.807, 2.05) is 39.0 Å². The van der Waals surface area contributed by atoms with Crippen molar-refractivity contribution in [3.63, 3.8) is 0 Å². The first kappa shape index (κ1) is 17.0. The molecule has 1 aromatic carbocycles. The average Bonchev–Trinajstić information content (AvgIpc) is 2.73. The Balaban J connectivity index is 1.97. The largest absolute Gasteiger partial charge is 0.443 e. The Labute approximate surface area is 149 Å². The number of nitrogens with zero attached hydrogens (tertiary/aromatic N) is 1. The summed E-state index contributed by atoms with van der Waals surface area (Å²) in [5.74, 6) is 0.0987. The van der Waals surface area contributed by atoms with Gasteiger partial charge in [0.2, 0.25) is 5.91 Å². The molecule has 0 aliphatic heterocycles. The van der Waals surface area contributed by atoms with E-state index in [-0.39, 0.29) is 11.8 Å². The van der Waals surface area contributed by atoms with Crippen LogP contribution in [0.4, 0.5) is 10.5 Å². The van der Waals surface area contributed by atoms with E-state index < -0.39 is 11.7 Å². The fourth-order valence-corrected chi connectivity index (χ4v) is 3.03. The van der Waals surface area contributed by atoms with Crippen LogP contribution in [0.25, 0.3) is 10.9 Å². The highest BCUT2D eigenvalue weighted by molar-refractivity contribution is 9.10. The number of hydrogen-bond donors (Lipinski definition) is 1. The summed E-state index contributed by atoms with van der Waals surface area (Å²) in [5, 5.41) is 3.77. The van der Waals surface area contributed by atoms with Crippen LogP contribution < -0.4 is 5.32 Å². The number of benzene rings is 1. The van der Waals surface area contributed by atoms with Gasteiger partial charge >= 0.3 is 6.09 Å². The highest BCUT2D eigenvalue weighted by Gasteiger charge is 2.27. The summed E-state index contributed by atoms with van der Waals surface area (Å²) in [5.41, 5.74) is 0.753. The highest BCUT2D eigenvalue weighted by Crippen LogP contribution is 2.32. The third-order valence-electron chi connectivity index (χ3n) is 4.09. The molecule has 5 nitrogen and oxygen atoms in total. The quantitative estimate of drug-likeness (QED) is 0.788. The van der Waals surface area contributed by atoms with Crippen LogP contribution in [0, 0.1) is 5.92 Å². The van der Waals surface area contributed by atoms with Crippen molar-refractivity contribution in [3.05, 3.63) is 28.9 Å². The number of carbonyl (C=O) groups excluding carboxylic acids is 2. The van der Waals surface area contributed by atoms with Crippen molar-refractivity contribution >= 4 is 44.5 Å². The summed E-state index contributed by atoms with van der Waals surface area (Å²) < 4.78 is 7.79. The molecule has 2 aromatic rings. The number of anilines is 1. The van der Waals surface area contributed by atoms with Crippen molar-refractivity contribution < 1.29 is 14.3 Å². The Morgan fingerprint density at radius 1 is 1.29 bits per heavy atom. The number of rotatable bonds is 2. The summed E-state index contributed by atoms with van der Waals surface area (Å²) >= 11 is 3.44. The lowest BCUT2D eigenvalue weighted by molar-refractivity contribution is -0.122. The first-order valence-electron chi connectivity index (χ1n) is 8.09. The normalized spacial score (nSPS) is 15.2. The molecule has 1 aliphatic rings. The number of carbonyl (C=O) groups is 2. The van der Waals surface area contributed by atoms with Crippen LogP contribution in [0.1, 0.15) is 40.0 Å². The Morgan fingerprint density at radius 3 is 2.58 bits per heavy atom. The number of halogens is 1. The SMILES string of the molecule is CC(C)(C)OC(=O)n1cc(NC(=O)C2CCC2)c2cc(Br)ccc21. The van der Waals surface area contributed by atoms with Gasteiger partial charge in [-0.15, -0.1) is 0 Å². The van der Waals surface area contributed by atoms with Gasteiger partial charge in [0.25, 0.3) is 0 Å². The Morgan fingerprint density at radius 2 is 2.00 bits per heavy atom. The monoisotopic (exact) mass is 392 g/mol. The average molecular weight is 393 g/mol. The molecule has 1 amide bonds. The molecule has 0 bridgehead atoms.